The predicted octanol–water partition coefficient (Wildman–Crippen LogP) is 3.63. The van der Waals surface area contributed by atoms with E-state index in [1.165, 1.54) is 5.32 Å². The third kappa shape index (κ3) is 3.52. The van der Waals surface area contributed by atoms with E-state index in [0.29, 0.717) is 12.1 Å². The summed E-state index contributed by atoms with van der Waals surface area (Å²) < 4.78 is 76.5. The molecule has 0 atom stereocenters. The largest absolute Gasteiger partial charge is 0.351 e. The van der Waals surface area contributed by atoms with E-state index in [-0.39, 0.29) is 6.07 Å². The van der Waals surface area contributed by atoms with Crippen LogP contribution in [0.1, 0.15) is 5.56 Å². The van der Waals surface area contributed by atoms with E-state index in [9.17, 15) is 36.5 Å². The van der Waals surface area contributed by atoms with Crippen LogP contribution in [0.4, 0.5) is 37.7 Å². The zero-order valence-corrected chi connectivity index (χ0v) is 9.68. The van der Waals surface area contributed by atoms with Gasteiger partial charge in [-0.25, -0.2) is 8.78 Å². The maximum Gasteiger partial charge on any atom is 0.351 e. The minimum atomic E-state index is -4.22. The average molecular weight is 302 g/mol. The minimum absolute atomic E-state index is 0.260. The lowest BCUT2D eigenvalue weighted by Gasteiger charge is -2.21. The van der Waals surface area contributed by atoms with Crippen LogP contribution in [-0.2, 0) is 5.92 Å². The highest BCUT2D eigenvalue weighted by atomic mass is 19.3. The van der Waals surface area contributed by atoms with Crippen LogP contribution in [0.15, 0.2) is 18.2 Å². The number of non-ortho nitro benzene ring substituents is 1. The van der Waals surface area contributed by atoms with Gasteiger partial charge in [0.25, 0.3) is 5.69 Å². The van der Waals surface area contributed by atoms with Crippen LogP contribution in [0, 0.1) is 10.1 Å². The van der Waals surface area contributed by atoms with Crippen molar-refractivity contribution in [3.8, 4) is 0 Å². The Morgan fingerprint density at radius 3 is 2.20 bits per heavy atom. The molecule has 0 spiro atoms. The van der Waals surface area contributed by atoms with E-state index in [0.717, 1.165) is 0 Å². The topological polar surface area (TPSA) is 55.2 Å². The summed E-state index contributed by atoms with van der Waals surface area (Å²) in [7, 11) is 0. The number of nitro benzene ring substituents is 1. The maximum absolute atomic E-state index is 13.3. The Morgan fingerprint density at radius 2 is 1.75 bits per heavy atom. The molecule has 0 aliphatic heterocycles. The molecule has 0 amide bonds. The van der Waals surface area contributed by atoms with Crippen molar-refractivity contribution in [2.24, 2.45) is 0 Å². The fourth-order valence-electron chi connectivity index (χ4n) is 1.36. The number of halogens is 6. The molecule has 0 saturated carbocycles. The number of rotatable bonds is 6. The number of hydrogen-bond donors (Lipinski definition) is 1. The molecule has 0 heterocycles. The highest BCUT2D eigenvalue weighted by Gasteiger charge is 2.38. The summed E-state index contributed by atoms with van der Waals surface area (Å²) in [6, 6.07) is -2.69. The van der Waals surface area contributed by atoms with Crippen LogP contribution in [0.25, 0.3) is 0 Å². The summed E-state index contributed by atoms with van der Waals surface area (Å²) in [4.78, 5) is 9.41. The van der Waals surface area contributed by atoms with E-state index < -0.39 is 47.2 Å². The molecule has 0 bridgehead atoms. The van der Waals surface area contributed by atoms with E-state index in [1.807, 2.05) is 0 Å². The van der Waals surface area contributed by atoms with Crippen molar-refractivity contribution >= 4 is 11.4 Å². The second-order valence-electron chi connectivity index (χ2n) is 3.79. The fraction of sp³-hybridized carbons (Fsp3) is 0.400. The van der Waals surface area contributed by atoms with Gasteiger partial charge in [-0.3, -0.25) is 10.1 Å². The Bertz CT molecular complexity index is 509. The molecule has 1 aromatic rings. The Morgan fingerprint density at radius 1 is 1.15 bits per heavy atom. The van der Waals surface area contributed by atoms with Crippen molar-refractivity contribution in [3.05, 3.63) is 33.9 Å². The fourth-order valence-corrected chi connectivity index (χ4v) is 1.36. The summed E-state index contributed by atoms with van der Waals surface area (Å²) in [5, 5.41) is 11.6. The van der Waals surface area contributed by atoms with Crippen molar-refractivity contribution in [3.63, 3.8) is 0 Å². The number of anilines is 1. The third-order valence-electron chi connectivity index (χ3n) is 2.26. The predicted molar refractivity (Wildman–Crippen MR) is 57.5 cm³/mol. The molecule has 0 aromatic heterocycles. The molecule has 0 aliphatic carbocycles. The number of benzene rings is 1. The van der Waals surface area contributed by atoms with Crippen molar-refractivity contribution in [2.45, 2.75) is 12.0 Å². The number of nitrogens with one attached hydrogen (secondary N) is 1. The quantitative estimate of drug-likeness (QED) is 0.378. The summed E-state index contributed by atoms with van der Waals surface area (Å²) >= 11 is 0. The normalized spacial score (nSPS) is 12.3. The molecule has 1 N–H and O–H groups in total. The van der Waals surface area contributed by atoms with Crippen molar-refractivity contribution in [2.75, 3.05) is 18.7 Å². The van der Waals surface area contributed by atoms with E-state index in [4.69, 9.17) is 0 Å². The molecule has 112 valence electrons. The summed E-state index contributed by atoms with van der Waals surface area (Å²) in [6.07, 6.45) is 0. The van der Waals surface area contributed by atoms with Gasteiger partial charge in [0.05, 0.1) is 10.5 Å². The molecule has 10 heteroatoms. The first kappa shape index (κ1) is 16.1. The molecular weight excluding hydrogens is 294 g/mol. The van der Waals surface area contributed by atoms with Gasteiger partial charge in [-0.15, -0.1) is 0 Å². The number of nitro groups is 1. The molecule has 0 radical (unpaired) electrons. The number of nitrogens with zero attached hydrogens (tertiary/aromatic N) is 1. The van der Waals surface area contributed by atoms with Gasteiger partial charge in [-0.05, 0) is 6.07 Å². The zero-order chi connectivity index (χ0) is 15.6. The van der Waals surface area contributed by atoms with Gasteiger partial charge in [-0.2, -0.15) is 17.6 Å². The molecular formula is C10H8F6N2O2. The maximum atomic E-state index is 13.3. The van der Waals surface area contributed by atoms with Crippen LogP contribution < -0.4 is 5.32 Å². The molecule has 0 unspecified atom stereocenters. The summed E-state index contributed by atoms with van der Waals surface area (Å²) in [5.74, 6) is -4.22. The van der Waals surface area contributed by atoms with Gasteiger partial charge in [0, 0.05) is 17.8 Å². The van der Waals surface area contributed by atoms with Crippen LogP contribution in [0.2, 0.25) is 0 Å². The first-order valence-electron chi connectivity index (χ1n) is 5.07. The Hall–Kier alpha value is -2.00. The van der Waals surface area contributed by atoms with Crippen LogP contribution >= 0.6 is 0 Å². The Kier molecular flexibility index (Phi) is 4.46. The van der Waals surface area contributed by atoms with E-state index in [2.05, 4.69) is 0 Å². The van der Waals surface area contributed by atoms with Crippen LogP contribution in [0.3, 0.4) is 0 Å². The molecule has 1 rings (SSSR count). The highest BCUT2D eigenvalue weighted by molar-refractivity contribution is 5.58. The second kappa shape index (κ2) is 5.55. The lowest BCUT2D eigenvalue weighted by Crippen LogP contribution is -2.31. The first-order valence-corrected chi connectivity index (χ1v) is 5.07. The van der Waals surface area contributed by atoms with Crippen LogP contribution in [-0.4, -0.2) is 24.3 Å². The van der Waals surface area contributed by atoms with Crippen molar-refractivity contribution in [1.29, 1.82) is 0 Å². The van der Waals surface area contributed by atoms with Crippen LogP contribution in [0.5, 0.6) is 0 Å². The average Bonchev–Trinajstić information content (AvgIpc) is 2.38. The third-order valence-corrected chi connectivity index (χ3v) is 2.26. The van der Waals surface area contributed by atoms with Gasteiger partial charge in [-0.1, -0.05) is 0 Å². The summed E-state index contributed by atoms with van der Waals surface area (Å²) in [5.41, 5.74) is -3.16. The molecule has 0 fully saturated rings. The van der Waals surface area contributed by atoms with Crippen molar-refractivity contribution in [1.82, 2.24) is 0 Å². The van der Waals surface area contributed by atoms with Gasteiger partial charge < -0.3 is 5.32 Å². The lowest BCUT2D eigenvalue weighted by molar-refractivity contribution is -0.385. The van der Waals surface area contributed by atoms with Crippen molar-refractivity contribution < 1.29 is 31.3 Å². The highest BCUT2D eigenvalue weighted by Crippen LogP contribution is 2.37. The molecule has 0 saturated heterocycles. The van der Waals surface area contributed by atoms with Gasteiger partial charge in [0.1, 0.15) is 0 Å². The number of hydrogen-bond acceptors (Lipinski definition) is 3. The van der Waals surface area contributed by atoms with Gasteiger partial charge in [0.15, 0.2) is 13.3 Å². The SMILES string of the molecule is O=[N+]([O-])c1ccc(NC(F)(F)CF)c(C(F)(F)CF)c1. The van der Waals surface area contributed by atoms with E-state index >= 15 is 0 Å². The minimum Gasteiger partial charge on any atom is -0.324 e. The molecule has 1 aromatic carbocycles. The zero-order valence-electron chi connectivity index (χ0n) is 9.68. The lowest BCUT2D eigenvalue weighted by atomic mass is 10.1. The molecule has 0 aliphatic rings. The van der Waals surface area contributed by atoms with E-state index in [1.54, 1.807) is 0 Å². The first-order chi connectivity index (χ1) is 9.13. The van der Waals surface area contributed by atoms with Gasteiger partial charge in [0.2, 0.25) is 0 Å². The summed E-state index contributed by atoms with van der Waals surface area (Å²) in [6.45, 7) is -4.44. The smallest absolute Gasteiger partial charge is 0.324 e. The Balaban J connectivity index is 3.33. The van der Waals surface area contributed by atoms with Gasteiger partial charge >= 0.3 is 12.0 Å². The standard InChI is InChI=1S/C10H8F6N2O2/c11-4-9(13,14)7-3-6(18(19)20)1-2-8(7)17-10(15,16)5-12/h1-3,17H,4-5H2. The Labute approximate surface area is 108 Å². The number of alkyl halides is 6. The molecule has 20 heavy (non-hydrogen) atoms. The molecule has 4 nitrogen and oxygen atoms in total. The second-order valence-corrected chi connectivity index (χ2v) is 3.79. The monoisotopic (exact) mass is 302 g/mol.